The lowest BCUT2D eigenvalue weighted by Crippen LogP contribution is -2.39. The van der Waals surface area contributed by atoms with E-state index in [9.17, 15) is 9.18 Å². The summed E-state index contributed by atoms with van der Waals surface area (Å²) < 4.78 is 18.9. The summed E-state index contributed by atoms with van der Waals surface area (Å²) in [5.74, 6) is 0.233. The summed E-state index contributed by atoms with van der Waals surface area (Å²) in [4.78, 5) is 17.0. The summed E-state index contributed by atoms with van der Waals surface area (Å²) in [5, 5.41) is 0. The number of hydrogen-bond donors (Lipinski definition) is 0. The Labute approximate surface area is 154 Å². The molecule has 1 saturated heterocycles. The summed E-state index contributed by atoms with van der Waals surface area (Å²) in [6, 6.07) is 13.9. The van der Waals surface area contributed by atoms with Crippen LogP contribution in [0, 0.1) is 5.82 Å². The number of halogens is 1. The van der Waals surface area contributed by atoms with E-state index in [1.54, 1.807) is 29.2 Å². The van der Waals surface area contributed by atoms with Gasteiger partial charge in [0.2, 0.25) is 0 Å². The lowest BCUT2D eigenvalue weighted by atomic mass is 10.1. The van der Waals surface area contributed by atoms with E-state index in [2.05, 4.69) is 11.9 Å². The van der Waals surface area contributed by atoms with Crippen LogP contribution in [0.25, 0.3) is 0 Å². The van der Waals surface area contributed by atoms with Crippen molar-refractivity contribution in [3.63, 3.8) is 0 Å². The van der Waals surface area contributed by atoms with Gasteiger partial charge in [-0.3, -0.25) is 4.79 Å². The average molecular weight is 356 g/mol. The fraction of sp³-hybridized carbons (Fsp3) is 0.381. The molecule has 3 rings (SSSR count). The maximum Gasteiger partial charge on any atom is 0.257 e. The second kappa shape index (κ2) is 8.32. The Morgan fingerprint density at radius 1 is 1.23 bits per heavy atom. The molecule has 0 aliphatic carbocycles. The molecule has 0 aromatic heterocycles. The van der Waals surface area contributed by atoms with E-state index in [-0.39, 0.29) is 11.7 Å². The Bertz CT molecular complexity index is 748. The molecule has 2 aromatic rings. The van der Waals surface area contributed by atoms with E-state index in [0.717, 1.165) is 18.5 Å². The first-order valence-corrected chi connectivity index (χ1v) is 8.96. The molecule has 1 atom stereocenters. The van der Waals surface area contributed by atoms with E-state index >= 15 is 0 Å². The molecular weight excluding hydrogens is 331 g/mol. The Kier molecular flexibility index (Phi) is 5.89. The Balaban J connectivity index is 1.67. The molecule has 1 amide bonds. The van der Waals surface area contributed by atoms with Crippen molar-refractivity contribution < 1.29 is 13.9 Å². The number of carbonyl (C=O) groups is 1. The van der Waals surface area contributed by atoms with Crippen molar-refractivity contribution in [3.8, 4) is 5.75 Å². The van der Waals surface area contributed by atoms with Gasteiger partial charge in [-0.2, -0.15) is 0 Å². The van der Waals surface area contributed by atoms with Gasteiger partial charge in [-0.25, -0.2) is 4.39 Å². The van der Waals surface area contributed by atoms with E-state index in [1.807, 2.05) is 19.2 Å². The molecule has 2 aromatic carbocycles. The van der Waals surface area contributed by atoms with Gasteiger partial charge < -0.3 is 14.5 Å². The molecule has 0 radical (unpaired) electrons. The fourth-order valence-electron chi connectivity index (χ4n) is 3.33. The molecular formula is C21H25FN2O2. The highest BCUT2D eigenvalue weighted by atomic mass is 19.1. The van der Waals surface area contributed by atoms with Crippen LogP contribution in [-0.4, -0.2) is 48.9 Å². The third-order valence-corrected chi connectivity index (χ3v) is 4.93. The van der Waals surface area contributed by atoms with E-state index in [0.29, 0.717) is 30.5 Å². The number of hydrogen-bond acceptors (Lipinski definition) is 3. The van der Waals surface area contributed by atoms with Gasteiger partial charge in [0.05, 0.1) is 5.56 Å². The van der Waals surface area contributed by atoms with Crippen molar-refractivity contribution in [1.82, 2.24) is 9.80 Å². The Morgan fingerprint density at radius 2 is 1.96 bits per heavy atom. The zero-order valence-electron chi connectivity index (χ0n) is 15.3. The van der Waals surface area contributed by atoms with Crippen molar-refractivity contribution >= 4 is 5.91 Å². The molecule has 26 heavy (non-hydrogen) atoms. The monoisotopic (exact) mass is 356 g/mol. The second-order valence-corrected chi connectivity index (χ2v) is 6.87. The van der Waals surface area contributed by atoms with Crippen molar-refractivity contribution in [2.24, 2.45) is 0 Å². The maximum absolute atomic E-state index is 13.0. The number of rotatable bonds is 6. The molecule has 1 aliphatic heterocycles. The van der Waals surface area contributed by atoms with E-state index < -0.39 is 0 Å². The minimum absolute atomic E-state index is 0.0417. The lowest BCUT2D eigenvalue weighted by Gasteiger charge is -2.26. The van der Waals surface area contributed by atoms with Crippen LogP contribution in [0.1, 0.15) is 28.8 Å². The summed E-state index contributed by atoms with van der Waals surface area (Å²) in [5.41, 5.74) is 1.41. The number of likely N-dealkylation sites (tertiary alicyclic amines) is 1. The first-order chi connectivity index (χ1) is 12.5. The molecule has 0 N–H and O–H groups in total. The Hall–Kier alpha value is -2.40. The molecule has 1 fully saturated rings. The van der Waals surface area contributed by atoms with Crippen LogP contribution in [0.15, 0.2) is 48.5 Å². The number of likely N-dealkylation sites (N-methyl/N-ethyl adjacent to an activating group) is 2. The second-order valence-electron chi connectivity index (χ2n) is 6.87. The fourth-order valence-corrected chi connectivity index (χ4v) is 3.33. The Morgan fingerprint density at radius 3 is 2.65 bits per heavy atom. The van der Waals surface area contributed by atoms with Crippen LogP contribution >= 0.6 is 0 Å². The largest absolute Gasteiger partial charge is 0.488 e. The SMILES string of the molecule is CN(CC1CCCN1C)C(=O)c1ccccc1OCc1ccc(F)cc1. The molecule has 0 spiro atoms. The highest BCUT2D eigenvalue weighted by Gasteiger charge is 2.25. The minimum atomic E-state index is -0.275. The van der Waals surface area contributed by atoms with Gasteiger partial charge in [-0.1, -0.05) is 24.3 Å². The zero-order valence-corrected chi connectivity index (χ0v) is 15.3. The number of nitrogens with zero attached hydrogens (tertiary/aromatic N) is 2. The number of carbonyl (C=O) groups excluding carboxylic acids is 1. The van der Waals surface area contributed by atoms with Gasteiger partial charge in [0.25, 0.3) is 5.91 Å². The van der Waals surface area contributed by atoms with Crippen molar-refractivity contribution in [2.75, 3.05) is 27.2 Å². The average Bonchev–Trinajstić information content (AvgIpc) is 3.05. The van der Waals surface area contributed by atoms with Crippen LogP contribution < -0.4 is 4.74 Å². The van der Waals surface area contributed by atoms with Crippen LogP contribution in [0.2, 0.25) is 0 Å². The predicted octanol–water partition coefficient (Wildman–Crippen LogP) is 3.57. The zero-order chi connectivity index (χ0) is 18.5. The van der Waals surface area contributed by atoms with Crippen LogP contribution in [0.3, 0.4) is 0 Å². The van der Waals surface area contributed by atoms with E-state index in [4.69, 9.17) is 4.74 Å². The molecule has 0 bridgehead atoms. The molecule has 138 valence electrons. The molecule has 1 unspecified atom stereocenters. The third-order valence-electron chi connectivity index (χ3n) is 4.93. The van der Waals surface area contributed by atoms with Gasteiger partial charge in [-0.05, 0) is 56.3 Å². The number of para-hydroxylation sites is 1. The molecule has 1 heterocycles. The van der Waals surface area contributed by atoms with Crippen LogP contribution in [0.5, 0.6) is 5.75 Å². The number of ether oxygens (including phenoxy) is 1. The van der Waals surface area contributed by atoms with Crippen LogP contribution in [0.4, 0.5) is 4.39 Å². The first-order valence-electron chi connectivity index (χ1n) is 8.96. The lowest BCUT2D eigenvalue weighted by molar-refractivity contribution is 0.0756. The molecule has 0 saturated carbocycles. The van der Waals surface area contributed by atoms with Gasteiger partial charge in [-0.15, -0.1) is 0 Å². The normalized spacial score (nSPS) is 17.3. The smallest absolute Gasteiger partial charge is 0.257 e. The quantitative estimate of drug-likeness (QED) is 0.793. The topological polar surface area (TPSA) is 32.8 Å². The van der Waals surface area contributed by atoms with Crippen molar-refractivity contribution in [1.29, 1.82) is 0 Å². The standard InChI is InChI=1S/C21H25FN2O2/c1-23-13-5-6-18(23)14-24(2)21(25)19-7-3-4-8-20(19)26-15-16-9-11-17(22)12-10-16/h3-4,7-12,18H,5-6,13-15H2,1-2H3. The summed E-state index contributed by atoms with van der Waals surface area (Å²) in [7, 11) is 3.95. The molecule has 5 heteroatoms. The molecule has 4 nitrogen and oxygen atoms in total. The number of amides is 1. The number of benzene rings is 2. The van der Waals surface area contributed by atoms with E-state index in [1.165, 1.54) is 18.6 Å². The minimum Gasteiger partial charge on any atom is -0.488 e. The van der Waals surface area contributed by atoms with Gasteiger partial charge in [0, 0.05) is 19.6 Å². The maximum atomic E-state index is 13.0. The summed E-state index contributed by atoms with van der Waals surface area (Å²) in [6.07, 6.45) is 2.30. The van der Waals surface area contributed by atoms with Crippen LogP contribution in [-0.2, 0) is 6.61 Å². The van der Waals surface area contributed by atoms with Crippen molar-refractivity contribution in [3.05, 3.63) is 65.5 Å². The molecule has 1 aliphatic rings. The van der Waals surface area contributed by atoms with Gasteiger partial charge in [0.1, 0.15) is 18.2 Å². The summed E-state index contributed by atoms with van der Waals surface area (Å²) in [6.45, 7) is 2.09. The summed E-state index contributed by atoms with van der Waals surface area (Å²) >= 11 is 0. The first kappa shape index (κ1) is 18.4. The highest BCUT2D eigenvalue weighted by molar-refractivity contribution is 5.96. The van der Waals surface area contributed by atoms with Gasteiger partial charge >= 0.3 is 0 Å². The third kappa shape index (κ3) is 4.41. The van der Waals surface area contributed by atoms with Crippen molar-refractivity contribution in [2.45, 2.75) is 25.5 Å². The highest BCUT2D eigenvalue weighted by Crippen LogP contribution is 2.22. The van der Waals surface area contributed by atoms with Gasteiger partial charge in [0.15, 0.2) is 0 Å². The predicted molar refractivity (Wildman–Crippen MR) is 99.8 cm³/mol.